The average molecular weight is 833 g/mol. The zero-order valence-corrected chi connectivity index (χ0v) is 30.1. The number of nitrogens with two attached hydrogens (primary N) is 2. The number of aliphatic hydroxyl groups is 2. The Kier molecular flexibility index (Phi) is 14.9. The Bertz CT molecular complexity index is 1730. The number of esters is 2. The molecule has 2 unspecified atom stereocenters. The minimum atomic E-state index is -1.02. The van der Waals surface area contributed by atoms with Gasteiger partial charge in [0, 0.05) is 0 Å². The Hall–Kier alpha value is -3.48. The molecule has 2 saturated heterocycles. The van der Waals surface area contributed by atoms with Crippen molar-refractivity contribution in [3.63, 3.8) is 0 Å². The molecule has 6 heterocycles. The Morgan fingerprint density at radius 3 is 1.70 bits per heavy atom. The van der Waals surface area contributed by atoms with Crippen LogP contribution < -0.4 is 11.5 Å². The van der Waals surface area contributed by atoms with Gasteiger partial charge < -0.3 is 0 Å². The first-order valence-electron chi connectivity index (χ1n) is 15.0. The second kappa shape index (κ2) is 18.1. The third-order valence-corrected chi connectivity index (χ3v) is 10.5. The Morgan fingerprint density at radius 2 is 1.20 bits per heavy atom. The first-order chi connectivity index (χ1) is 23.1. The quantitative estimate of drug-likeness (QED) is 0.131. The number of imidazole rings is 2. The van der Waals surface area contributed by atoms with Gasteiger partial charge in [0.25, 0.3) is 0 Å². The van der Waals surface area contributed by atoms with Gasteiger partial charge in [-0.2, -0.15) is 0 Å². The van der Waals surface area contributed by atoms with E-state index < -0.39 is 48.9 Å². The van der Waals surface area contributed by atoms with Gasteiger partial charge in [0.05, 0.1) is 0 Å². The van der Waals surface area contributed by atoms with E-state index in [4.69, 9.17) is 30.4 Å². The Balaban J connectivity index is 0.000000273. The topological polar surface area (TPSA) is 251 Å². The van der Waals surface area contributed by atoms with E-state index in [1.807, 2.05) is 0 Å². The summed E-state index contributed by atoms with van der Waals surface area (Å²) in [6, 6.07) is 0. The van der Waals surface area contributed by atoms with Crippen molar-refractivity contribution in [2.24, 2.45) is 0 Å². The first-order valence-corrected chi connectivity index (χ1v) is 20.9. The van der Waals surface area contributed by atoms with Crippen LogP contribution in [0.5, 0.6) is 0 Å². The van der Waals surface area contributed by atoms with Gasteiger partial charge in [-0.3, -0.25) is 0 Å². The average Bonchev–Trinajstić information content (AvgIpc) is 3.85. The zero-order valence-electron chi connectivity index (χ0n) is 26.6. The SMILES string of the molecule is C.C.CCC(=O)OC1[C@@H](C[Se]C)O[C@@H](n2cnc3c(N)ncnc32)[C@H]1OC(=O)CC.C[Se]C[C@H]1O[C@@H](n2cnc3c(N)ncnc32)[C@@H](O)C1O. The van der Waals surface area contributed by atoms with E-state index in [-0.39, 0.29) is 66.4 Å². The Morgan fingerprint density at radius 1 is 0.740 bits per heavy atom. The normalized spacial score (nSPS) is 25.7. The number of hydrogen-bond acceptors (Lipinski definition) is 16. The summed E-state index contributed by atoms with van der Waals surface area (Å²) in [6.07, 6.45) is 0.448. The van der Waals surface area contributed by atoms with Crippen LogP contribution in [0.15, 0.2) is 25.3 Å². The van der Waals surface area contributed by atoms with Crippen LogP contribution in [-0.2, 0) is 28.5 Å². The standard InChI is InChI=1S/C17H23N5O5Se.C11H15N5O3Se.2CH4/c1-4-10(23)26-13-9(6-28-3)25-17(14(13)27-11(24)5-2)22-8-21-12-15(18)19-7-20-16(12)22;1-20-2-5-7(17)8(18)11(19-5)16-4-15-6-9(12)13-3-14-10(6)16;;/h7-9,13-14,17H,4-6H2,1-3H3,(H2,18,19,20);3-5,7-8,11,17-18H,2H2,1H3,(H2,12,13,14);2*1H4/t9-,13?,14+,17-;5-,7?,8+,11-;;/m11../s1. The van der Waals surface area contributed by atoms with Crippen molar-refractivity contribution in [3.05, 3.63) is 25.3 Å². The fourth-order valence-corrected chi connectivity index (χ4v) is 7.86. The van der Waals surface area contributed by atoms with Crippen LogP contribution >= 0.6 is 0 Å². The zero-order chi connectivity index (χ0) is 34.5. The molecule has 4 aromatic heterocycles. The summed E-state index contributed by atoms with van der Waals surface area (Å²) < 4.78 is 26.5. The summed E-state index contributed by atoms with van der Waals surface area (Å²) in [6.45, 7) is 3.41. The molecule has 276 valence electrons. The molecule has 6 rings (SSSR count). The predicted molar refractivity (Wildman–Crippen MR) is 186 cm³/mol. The van der Waals surface area contributed by atoms with E-state index >= 15 is 0 Å². The maximum absolute atomic E-state index is 12.1. The van der Waals surface area contributed by atoms with Crippen molar-refractivity contribution in [1.82, 2.24) is 39.0 Å². The number of fused-ring (bicyclic) bond motifs is 2. The summed E-state index contributed by atoms with van der Waals surface area (Å²) in [5.41, 5.74) is 13.4. The molecule has 6 N–H and O–H groups in total. The van der Waals surface area contributed by atoms with Crippen molar-refractivity contribution in [1.29, 1.82) is 0 Å². The van der Waals surface area contributed by atoms with E-state index in [9.17, 15) is 19.8 Å². The van der Waals surface area contributed by atoms with Crippen LogP contribution in [0.4, 0.5) is 11.6 Å². The molecule has 0 aromatic carbocycles. The number of hydrogen-bond donors (Lipinski definition) is 4. The molecule has 18 nitrogen and oxygen atoms in total. The van der Waals surface area contributed by atoms with Gasteiger partial charge in [-0.05, 0) is 0 Å². The number of carbonyl (C=O) groups excluding carboxylic acids is 2. The molecule has 2 aliphatic rings. The Labute approximate surface area is 302 Å². The van der Waals surface area contributed by atoms with Gasteiger partial charge in [-0.25, -0.2) is 0 Å². The monoisotopic (exact) mass is 834 g/mol. The molecule has 20 heteroatoms. The summed E-state index contributed by atoms with van der Waals surface area (Å²) in [7, 11) is 0. The molecular formula is C30H46N10O8Se2. The summed E-state index contributed by atoms with van der Waals surface area (Å²) in [5, 5.41) is 21.6. The minimum absolute atomic E-state index is 0. The van der Waals surface area contributed by atoms with Crippen LogP contribution in [0.3, 0.4) is 0 Å². The number of nitrogen functional groups attached to an aromatic ring is 2. The predicted octanol–water partition coefficient (Wildman–Crippen LogP) is 1.59. The summed E-state index contributed by atoms with van der Waals surface area (Å²) in [4.78, 5) is 48.6. The molecule has 0 spiro atoms. The number of carbonyl (C=O) groups is 2. The van der Waals surface area contributed by atoms with Crippen LogP contribution in [-0.4, -0.2) is 128 Å². The van der Waals surface area contributed by atoms with Crippen molar-refractivity contribution < 1.29 is 38.7 Å². The summed E-state index contributed by atoms with van der Waals surface area (Å²) >= 11 is 0.614. The molecule has 0 saturated carbocycles. The van der Waals surface area contributed by atoms with Crippen molar-refractivity contribution in [2.75, 3.05) is 11.5 Å². The molecule has 0 aliphatic carbocycles. The molecule has 8 atom stereocenters. The third kappa shape index (κ3) is 8.34. The van der Waals surface area contributed by atoms with Crippen LogP contribution in [0.2, 0.25) is 22.3 Å². The molecule has 0 bridgehead atoms. The number of aromatic nitrogens is 8. The molecular weight excluding hydrogens is 786 g/mol. The van der Waals surface area contributed by atoms with E-state index in [1.165, 1.54) is 25.3 Å². The van der Waals surface area contributed by atoms with Gasteiger partial charge in [-0.15, -0.1) is 0 Å². The molecule has 0 amide bonds. The van der Waals surface area contributed by atoms with Crippen LogP contribution in [0.25, 0.3) is 22.3 Å². The first kappa shape index (κ1) is 40.9. The second-order valence-electron chi connectivity index (χ2n) is 10.8. The maximum atomic E-state index is 12.1. The van der Waals surface area contributed by atoms with Crippen molar-refractivity contribution in [3.8, 4) is 0 Å². The number of ether oxygens (including phenoxy) is 4. The number of rotatable bonds is 10. The van der Waals surface area contributed by atoms with E-state index in [0.29, 0.717) is 42.6 Å². The van der Waals surface area contributed by atoms with E-state index in [1.54, 1.807) is 23.0 Å². The fraction of sp³-hybridized carbons (Fsp3) is 0.600. The molecule has 2 fully saturated rings. The molecule has 4 aromatic rings. The number of nitrogens with zero attached hydrogens (tertiary/aromatic N) is 8. The van der Waals surface area contributed by atoms with E-state index in [0.717, 1.165) is 5.32 Å². The van der Waals surface area contributed by atoms with Gasteiger partial charge in [0.15, 0.2) is 0 Å². The van der Waals surface area contributed by atoms with Crippen molar-refractivity contribution in [2.45, 2.75) is 113 Å². The van der Waals surface area contributed by atoms with Gasteiger partial charge in [0.1, 0.15) is 0 Å². The second-order valence-corrected chi connectivity index (χ2v) is 14.6. The molecule has 50 heavy (non-hydrogen) atoms. The molecule has 0 radical (unpaired) electrons. The van der Waals surface area contributed by atoms with Crippen LogP contribution in [0.1, 0.15) is 54.0 Å². The van der Waals surface area contributed by atoms with Gasteiger partial charge in [0.2, 0.25) is 0 Å². The van der Waals surface area contributed by atoms with Gasteiger partial charge >= 0.3 is 288 Å². The fourth-order valence-electron chi connectivity index (χ4n) is 5.34. The van der Waals surface area contributed by atoms with E-state index in [2.05, 4.69) is 41.5 Å². The van der Waals surface area contributed by atoms with Crippen molar-refractivity contribution >= 4 is 75.8 Å². The molecule has 2 aliphatic heterocycles. The van der Waals surface area contributed by atoms with Crippen LogP contribution in [0, 0.1) is 0 Å². The summed E-state index contributed by atoms with van der Waals surface area (Å²) in [5.74, 6) is 3.86. The van der Waals surface area contributed by atoms with Gasteiger partial charge in [-0.1, -0.05) is 14.9 Å². The number of anilines is 2. The third-order valence-electron chi connectivity index (χ3n) is 7.72. The number of aliphatic hydroxyl groups excluding tert-OH is 2.